The molecule has 25 heavy (non-hydrogen) atoms. The van der Waals surface area contributed by atoms with Gasteiger partial charge in [0.1, 0.15) is 11.6 Å². The van der Waals surface area contributed by atoms with Crippen LogP contribution in [0.1, 0.15) is 15.9 Å². The first-order valence-corrected chi connectivity index (χ1v) is 7.98. The number of carbonyl (C=O) groups is 1. The number of benzene rings is 1. The summed E-state index contributed by atoms with van der Waals surface area (Å²) in [5, 5.41) is 3.80. The van der Waals surface area contributed by atoms with Crippen LogP contribution in [-0.4, -0.2) is 53.3 Å². The number of likely N-dealkylation sites (N-methyl/N-ethyl adjacent to an activating group) is 1. The molecule has 0 aliphatic heterocycles. The largest absolute Gasteiger partial charge is 0.368 e. The highest BCUT2D eigenvalue weighted by Gasteiger charge is 2.16. The number of H-pyrrole nitrogens is 1. The van der Waals surface area contributed by atoms with Gasteiger partial charge in [-0.3, -0.25) is 4.79 Å². The number of fused-ring (bicyclic) bond motifs is 1. The second kappa shape index (κ2) is 6.98. The zero-order chi connectivity index (χ0) is 18.0. The number of aromatic nitrogens is 3. The van der Waals surface area contributed by atoms with Crippen LogP contribution in [0.2, 0.25) is 0 Å². The Kier molecular flexibility index (Phi) is 4.76. The predicted molar refractivity (Wildman–Crippen MR) is 96.5 cm³/mol. The molecule has 0 spiro atoms. The molecule has 0 atom stereocenters. The molecule has 6 nitrogen and oxygen atoms in total. The molecule has 0 saturated carbocycles. The summed E-state index contributed by atoms with van der Waals surface area (Å²) < 4.78 is 13.5. The summed E-state index contributed by atoms with van der Waals surface area (Å²) in [6.07, 6.45) is 2.41. The van der Waals surface area contributed by atoms with Crippen molar-refractivity contribution in [3.8, 4) is 11.5 Å². The summed E-state index contributed by atoms with van der Waals surface area (Å²) >= 11 is 0. The Morgan fingerprint density at radius 2 is 2.16 bits per heavy atom. The quantitative estimate of drug-likeness (QED) is 0.675. The van der Waals surface area contributed by atoms with Crippen LogP contribution in [0, 0.1) is 12.7 Å². The van der Waals surface area contributed by atoms with Crippen LogP contribution in [0.5, 0.6) is 0 Å². The van der Waals surface area contributed by atoms with Gasteiger partial charge < -0.3 is 15.2 Å². The summed E-state index contributed by atoms with van der Waals surface area (Å²) in [6.45, 7) is 3.52. The molecule has 0 unspecified atom stereocenters. The third-order valence-corrected chi connectivity index (χ3v) is 3.97. The number of aryl methyl sites for hydroxylation is 1. The highest BCUT2D eigenvalue weighted by Crippen LogP contribution is 2.28. The Morgan fingerprint density at radius 1 is 1.36 bits per heavy atom. The van der Waals surface area contributed by atoms with E-state index in [-0.39, 0.29) is 0 Å². The lowest BCUT2D eigenvalue weighted by Gasteiger charge is -2.12. The molecule has 0 radical (unpaired) electrons. The molecule has 7 heteroatoms. The number of halogens is 1. The molecular weight excluding hydrogens is 321 g/mol. The van der Waals surface area contributed by atoms with Crippen molar-refractivity contribution in [2.45, 2.75) is 6.92 Å². The minimum absolute atomic E-state index is 0.359. The van der Waals surface area contributed by atoms with Crippen molar-refractivity contribution in [2.24, 2.45) is 0 Å². The van der Waals surface area contributed by atoms with Crippen LogP contribution >= 0.6 is 0 Å². The van der Waals surface area contributed by atoms with Crippen LogP contribution in [-0.2, 0) is 0 Å². The fourth-order valence-electron chi connectivity index (χ4n) is 2.62. The van der Waals surface area contributed by atoms with Crippen molar-refractivity contribution in [1.29, 1.82) is 0 Å². The third kappa shape index (κ3) is 3.51. The predicted octanol–water partition coefficient (Wildman–Crippen LogP) is 2.86. The maximum Gasteiger partial charge on any atom is 0.178 e. The summed E-state index contributed by atoms with van der Waals surface area (Å²) in [7, 11) is 4.00. The average molecular weight is 341 g/mol. The zero-order valence-electron chi connectivity index (χ0n) is 14.4. The van der Waals surface area contributed by atoms with E-state index in [9.17, 15) is 9.18 Å². The monoisotopic (exact) mass is 341 g/mol. The smallest absolute Gasteiger partial charge is 0.178 e. The lowest BCUT2D eigenvalue weighted by molar-refractivity contribution is 0.112. The highest BCUT2D eigenvalue weighted by atomic mass is 19.1. The maximum absolute atomic E-state index is 13.5. The maximum atomic E-state index is 13.5. The summed E-state index contributed by atoms with van der Waals surface area (Å²) in [4.78, 5) is 25.6. The van der Waals surface area contributed by atoms with Crippen molar-refractivity contribution < 1.29 is 9.18 Å². The normalized spacial score (nSPS) is 11.2. The minimum atomic E-state index is -0.392. The van der Waals surface area contributed by atoms with Crippen molar-refractivity contribution in [1.82, 2.24) is 19.9 Å². The number of rotatable bonds is 6. The van der Waals surface area contributed by atoms with Gasteiger partial charge in [0.05, 0.1) is 11.3 Å². The van der Waals surface area contributed by atoms with Crippen molar-refractivity contribution in [3.63, 3.8) is 0 Å². The Balaban J connectivity index is 2.01. The van der Waals surface area contributed by atoms with Crippen LogP contribution in [0.15, 0.2) is 24.4 Å². The van der Waals surface area contributed by atoms with Crippen molar-refractivity contribution >= 4 is 23.0 Å². The number of anilines is 1. The molecular formula is C18H20FN5O. The number of carbonyl (C=O) groups excluding carboxylic acids is 1. The SMILES string of the molecule is Cc1cnc(-c2[nH]c3ccc(F)cc3c2C=O)nc1NCCN(C)C. The number of aldehydes is 1. The Morgan fingerprint density at radius 3 is 2.88 bits per heavy atom. The second-order valence-electron chi connectivity index (χ2n) is 6.18. The van der Waals surface area contributed by atoms with E-state index in [1.54, 1.807) is 12.3 Å². The second-order valence-corrected chi connectivity index (χ2v) is 6.18. The number of nitrogens with one attached hydrogen (secondary N) is 2. The Bertz CT molecular complexity index is 919. The van der Waals surface area contributed by atoms with Gasteiger partial charge in [-0.15, -0.1) is 0 Å². The molecule has 2 heterocycles. The van der Waals surface area contributed by atoms with E-state index >= 15 is 0 Å². The van der Waals surface area contributed by atoms with E-state index in [1.807, 2.05) is 21.0 Å². The lowest BCUT2D eigenvalue weighted by atomic mass is 10.1. The topological polar surface area (TPSA) is 73.9 Å². The summed E-state index contributed by atoms with van der Waals surface area (Å²) in [5.74, 6) is 0.724. The third-order valence-electron chi connectivity index (χ3n) is 3.97. The van der Waals surface area contributed by atoms with Gasteiger partial charge in [0, 0.05) is 35.8 Å². The first kappa shape index (κ1) is 17.0. The molecule has 0 amide bonds. The molecule has 3 rings (SSSR count). The number of nitrogens with zero attached hydrogens (tertiary/aromatic N) is 3. The van der Waals surface area contributed by atoms with E-state index in [0.717, 1.165) is 18.7 Å². The first-order chi connectivity index (χ1) is 12.0. The minimum Gasteiger partial charge on any atom is -0.368 e. The van der Waals surface area contributed by atoms with Gasteiger partial charge in [0.2, 0.25) is 0 Å². The molecule has 2 N–H and O–H groups in total. The Labute approximate surface area is 145 Å². The van der Waals surface area contributed by atoms with Crippen LogP contribution in [0.25, 0.3) is 22.4 Å². The number of hydrogen-bond donors (Lipinski definition) is 2. The molecule has 130 valence electrons. The molecule has 0 bridgehead atoms. The van der Waals surface area contributed by atoms with E-state index < -0.39 is 5.82 Å². The molecule has 0 aliphatic carbocycles. The van der Waals surface area contributed by atoms with Crippen LogP contribution < -0.4 is 5.32 Å². The molecule has 2 aromatic heterocycles. The van der Waals surface area contributed by atoms with E-state index in [4.69, 9.17) is 0 Å². The lowest BCUT2D eigenvalue weighted by Crippen LogP contribution is -2.21. The first-order valence-electron chi connectivity index (χ1n) is 7.98. The van der Waals surface area contributed by atoms with Gasteiger partial charge in [-0.25, -0.2) is 14.4 Å². The summed E-state index contributed by atoms with van der Waals surface area (Å²) in [5.41, 5.74) is 2.44. The number of aromatic amines is 1. The highest BCUT2D eigenvalue weighted by molar-refractivity contribution is 6.03. The van der Waals surface area contributed by atoms with Crippen molar-refractivity contribution in [3.05, 3.63) is 41.3 Å². The van der Waals surface area contributed by atoms with Crippen LogP contribution in [0.4, 0.5) is 10.2 Å². The van der Waals surface area contributed by atoms with E-state index in [1.165, 1.54) is 12.1 Å². The molecule has 0 saturated heterocycles. The van der Waals surface area contributed by atoms with Gasteiger partial charge in [-0.2, -0.15) is 0 Å². The van der Waals surface area contributed by atoms with Gasteiger partial charge in [0.25, 0.3) is 0 Å². The number of hydrogen-bond acceptors (Lipinski definition) is 5. The van der Waals surface area contributed by atoms with Gasteiger partial charge in [-0.1, -0.05) is 0 Å². The Hall–Kier alpha value is -2.80. The molecule has 0 aliphatic rings. The molecule has 0 fully saturated rings. The fraction of sp³-hybridized carbons (Fsp3) is 0.278. The fourth-order valence-corrected chi connectivity index (χ4v) is 2.62. The molecule has 3 aromatic rings. The molecule has 1 aromatic carbocycles. The summed E-state index contributed by atoms with van der Waals surface area (Å²) in [6, 6.07) is 4.29. The average Bonchev–Trinajstić information content (AvgIpc) is 2.93. The van der Waals surface area contributed by atoms with Gasteiger partial charge >= 0.3 is 0 Å². The van der Waals surface area contributed by atoms with Crippen molar-refractivity contribution in [2.75, 3.05) is 32.5 Å². The zero-order valence-corrected chi connectivity index (χ0v) is 14.4. The van der Waals surface area contributed by atoms with E-state index in [0.29, 0.717) is 40.1 Å². The van der Waals surface area contributed by atoms with Gasteiger partial charge in [-0.05, 0) is 39.2 Å². The van der Waals surface area contributed by atoms with E-state index in [2.05, 4.69) is 25.2 Å². The van der Waals surface area contributed by atoms with Crippen LogP contribution in [0.3, 0.4) is 0 Å². The standard InChI is InChI=1S/C18H20FN5O/c1-11-9-21-18(23-17(11)20-6-7-24(2)3)16-14(10-25)13-8-12(19)4-5-15(13)22-16/h4-5,8-10,22H,6-7H2,1-3H3,(H,20,21,23). The van der Waals surface area contributed by atoms with Gasteiger partial charge in [0.15, 0.2) is 12.1 Å².